The van der Waals surface area contributed by atoms with Crippen LogP contribution in [0.15, 0.2) is 28.9 Å². The van der Waals surface area contributed by atoms with E-state index in [0.717, 1.165) is 11.7 Å². The summed E-state index contributed by atoms with van der Waals surface area (Å²) in [6.45, 7) is 0.201. The summed E-state index contributed by atoms with van der Waals surface area (Å²) in [4.78, 5) is 20.5. The van der Waals surface area contributed by atoms with Crippen molar-refractivity contribution < 1.29 is 23.0 Å². The average Bonchev–Trinajstić information content (AvgIpc) is 3.20. The van der Waals surface area contributed by atoms with Crippen molar-refractivity contribution in [2.45, 2.75) is 12.2 Å². The molecule has 0 saturated carbocycles. The molecule has 3 aromatic rings. The minimum Gasteiger partial charge on any atom is -0.346 e. The Morgan fingerprint density at radius 2 is 2.20 bits per heavy atom. The lowest BCUT2D eigenvalue weighted by atomic mass is 10.1. The number of hydrogen-bond donors (Lipinski definition) is 2. The number of amides is 1. The Labute approximate surface area is 157 Å². The molecule has 12 heteroatoms. The molecule has 0 aliphatic heterocycles. The topological polar surface area (TPSA) is 92.2 Å². The fraction of sp³-hybridized carbons (Fsp3) is 0.154. The molecule has 1 amide bonds. The van der Waals surface area contributed by atoms with Crippen LogP contribution in [-0.2, 0) is 16.8 Å². The Morgan fingerprint density at radius 1 is 1.44 bits per heavy atom. The summed E-state index contributed by atoms with van der Waals surface area (Å²) in [5, 5.41) is 3.03. The molecule has 0 bridgehead atoms. The number of nitrogens with one attached hydrogen (secondary N) is 1. The lowest BCUT2D eigenvalue weighted by Crippen LogP contribution is -2.22. The zero-order valence-electron chi connectivity index (χ0n) is 12.1. The number of thiophene rings is 1. The maximum atomic E-state index is 13.9. The molecule has 130 valence electrons. The number of carbonyl (C=O) groups excluding carboxylic acids is 1. The molecule has 1 atom stereocenters. The molecule has 2 N–H and O–H groups in total. The Kier molecular flexibility index (Phi) is 5.21. The number of benzene rings is 1. The standard InChI is InChI=1S/C13H7BrF2N3O3PS2/c14-10-8-3-6(12(20)17-4-7-5-18-25-19-7)1-2-9(8)24-11(10)13(15,16)23(21)22/h1-3,5H,4H2,(H-,17,20,21,22)/p+1. The minimum atomic E-state index is -3.86. The molecular formula is C13H8BrF2N3O3PS2+. The van der Waals surface area contributed by atoms with E-state index in [1.165, 1.54) is 24.4 Å². The highest BCUT2D eigenvalue weighted by Crippen LogP contribution is 2.54. The first-order chi connectivity index (χ1) is 11.8. The lowest BCUT2D eigenvalue weighted by Gasteiger charge is -2.03. The van der Waals surface area contributed by atoms with E-state index in [4.69, 9.17) is 4.89 Å². The molecule has 0 spiro atoms. The van der Waals surface area contributed by atoms with Crippen LogP contribution < -0.4 is 5.32 Å². The van der Waals surface area contributed by atoms with Crippen LogP contribution in [0, 0.1) is 0 Å². The highest BCUT2D eigenvalue weighted by Gasteiger charge is 2.56. The third-order valence-electron chi connectivity index (χ3n) is 3.24. The van der Waals surface area contributed by atoms with Crippen LogP contribution in [0.5, 0.6) is 0 Å². The summed E-state index contributed by atoms with van der Waals surface area (Å²) in [6, 6.07) is 4.48. The minimum absolute atomic E-state index is 0.00764. The van der Waals surface area contributed by atoms with Gasteiger partial charge in [0.2, 0.25) is 0 Å². The van der Waals surface area contributed by atoms with Gasteiger partial charge < -0.3 is 5.32 Å². The van der Waals surface area contributed by atoms with Gasteiger partial charge in [-0.25, -0.2) is 0 Å². The molecule has 1 unspecified atom stereocenters. The van der Waals surface area contributed by atoms with Gasteiger partial charge in [0.15, 0.2) is 0 Å². The molecule has 1 aromatic carbocycles. The fourth-order valence-corrected chi connectivity index (χ4v) is 5.17. The van der Waals surface area contributed by atoms with E-state index in [2.05, 4.69) is 30.0 Å². The van der Waals surface area contributed by atoms with Gasteiger partial charge in [-0.05, 0) is 38.7 Å². The van der Waals surface area contributed by atoms with Crippen molar-refractivity contribution in [2.75, 3.05) is 0 Å². The van der Waals surface area contributed by atoms with Crippen molar-refractivity contribution >= 4 is 63.0 Å². The third-order valence-corrected chi connectivity index (χ3v) is 6.94. The van der Waals surface area contributed by atoms with Crippen molar-refractivity contribution in [1.82, 2.24) is 14.1 Å². The maximum Gasteiger partial charge on any atom is 0.590 e. The van der Waals surface area contributed by atoms with Crippen LogP contribution in [0.3, 0.4) is 0 Å². The van der Waals surface area contributed by atoms with E-state index in [-0.39, 0.29) is 16.6 Å². The summed E-state index contributed by atoms with van der Waals surface area (Å²) in [5.74, 6) is -0.394. The Hall–Kier alpha value is -1.39. The zero-order chi connectivity index (χ0) is 18.2. The van der Waals surface area contributed by atoms with Gasteiger partial charge in [-0.15, -0.1) is 20.1 Å². The average molecular weight is 467 g/mol. The summed E-state index contributed by atoms with van der Waals surface area (Å²) >= 11 is 4.78. The number of nitrogens with zero attached hydrogens (tertiary/aromatic N) is 2. The number of halogens is 3. The van der Waals surface area contributed by atoms with Crippen molar-refractivity contribution in [1.29, 1.82) is 0 Å². The van der Waals surface area contributed by atoms with Crippen LogP contribution in [0.4, 0.5) is 8.78 Å². The quantitative estimate of drug-likeness (QED) is 0.549. The first-order valence-corrected chi connectivity index (χ1v) is 10.2. The van der Waals surface area contributed by atoms with Crippen molar-refractivity contribution in [3.63, 3.8) is 0 Å². The second kappa shape index (κ2) is 7.08. The van der Waals surface area contributed by atoms with E-state index in [1.54, 1.807) is 0 Å². The first kappa shape index (κ1) is 18.4. The van der Waals surface area contributed by atoms with Crippen molar-refractivity contribution in [2.24, 2.45) is 0 Å². The molecule has 0 saturated heterocycles. The van der Waals surface area contributed by atoms with E-state index >= 15 is 0 Å². The second-order valence-electron chi connectivity index (χ2n) is 4.85. The molecule has 0 aliphatic rings. The molecule has 3 rings (SSSR count). The molecule has 2 heterocycles. The zero-order valence-corrected chi connectivity index (χ0v) is 16.2. The number of hydrogen-bond acceptors (Lipinski definition) is 6. The molecule has 0 fully saturated rings. The number of fused-ring (bicyclic) bond motifs is 1. The fourth-order valence-electron chi connectivity index (χ4n) is 2.02. The van der Waals surface area contributed by atoms with Crippen LogP contribution >= 0.6 is 47.0 Å². The van der Waals surface area contributed by atoms with Gasteiger partial charge in [-0.3, -0.25) is 4.79 Å². The van der Waals surface area contributed by atoms with Gasteiger partial charge >= 0.3 is 13.7 Å². The number of aromatic nitrogens is 2. The first-order valence-electron chi connectivity index (χ1n) is 6.62. The highest BCUT2D eigenvalue weighted by molar-refractivity contribution is 9.10. The Balaban J connectivity index is 1.90. The van der Waals surface area contributed by atoms with E-state index in [9.17, 15) is 18.1 Å². The van der Waals surface area contributed by atoms with Gasteiger partial charge in [0.1, 0.15) is 4.88 Å². The van der Waals surface area contributed by atoms with Gasteiger partial charge in [-0.2, -0.15) is 13.6 Å². The largest absolute Gasteiger partial charge is 0.590 e. The molecule has 0 radical (unpaired) electrons. The molecule has 0 aliphatic carbocycles. The third kappa shape index (κ3) is 3.61. The number of alkyl halides is 2. The number of carbonyl (C=O) groups is 1. The lowest BCUT2D eigenvalue weighted by molar-refractivity contribution is 0.0849. The predicted molar refractivity (Wildman–Crippen MR) is 94.3 cm³/mol. The highest BCUT2D eigenvalue weighted by atomic mass is 79.9. The maximum absolute atomic E-state index is 13.9. The summed E-state index contributed by atoms with van der Waals surface area (Å²) in [6.07, 6.45) is 1.54. The summed E-state index contributed by atoms with van der Waals surface area (Å²) in [5.41, 5.74) is -2.97. The van der Waals surface area contributed by atoms with E-state index in [0.29, 0.717) is 27.1 Å². The van der Waals surface area contributed by atoms with Crippen molar-refractivity contribution in [3.8, 4) is 0 Å². The van der Waals surface area contributed by atoms with Crippen LogP contribution in [0.2, 0.25) is 0 Å². The van der Waals surface area contributed by atoms with Gasteiger partial charge in [-0.1, -0.05) is 0 Å². The van der Waals surface area contributed by atoms with E-state index < -0.39 is 24.5 Å². The van der Waals surface area contributed by atoms with Gasteiger partial charge in [0.25, 0.3) is 5.91 Å². The molecule has 6 nitrogen and oxygen atoms in total. The van der Waals surface area contributed by atoms with Gasteiger partial charge in [0.05, 0.1) is 34.6 Å². The molecule has 2 aromatic heterocycles. The summed E-state index contributed by atoms with van der Waals surface area (Å²) in [7, 11) is -3.71. The SMILES string of the molecule is O=C(NCc1cnsn1)c1ccc2sc(C(F)(F)[P+](=O)O)c(Br)c2c1. The second-order valence-corrected chi connectivity index (χ2v) is 8.36. The Bertz CT molecular complexity index is 965. The normalized spacial score (nSPS) is 12.4. The number of rotatable bonds is 5. The molecule has 25 heavy (non-hydrogen) atoms. The van der Waals surface area contributed by atoms with Crippen LogP contribution in [-0.4, -0.2) is 19.5 Å². The smallest absolute Gasteiger partial charge is 0.346 e. The Morgan fingerprint density at radius 3 is 2.84 bits per heavy atom. The molecular weight excluding hydrogens is 459 g/mol. The van der Waals surface area contributed by atoms with Crippen LogP contribution in [0.25, 0.3) is 10.1 Å². The summed E-state index contributed by atoms with van der Waals surface area (Å²) < 4.78 is 46.9. The van der Waals surface area contributed by atoms with Crippen LogP contribution in [0.1, 0.15) is 20.9 Å². The van der Waals surface area contributed by atoms with Crippen molar-refractivity contribution in [3.05, 3.63) is 45.0 Å². The van der Waals surface area contributed by atoms with E-state index in [1.807, 2.05) is 0 Å². The monoisotopic (exact) mass is 466 g/mol. The predicted octanol–water partition coefficient (Wildman–Crippen LogP) is 4.23. The van der Waals surface area contributed by atoms with Gasteiger partial charge in [0, 0.05) is 15.6 Å².